The third-order valence-electron chi connectivity index (χ3n) is 1.22. The van der Waals surface area contributed by atoms with Gasteiger partial charge < -0.3 is 23.2 Å². The first kappa shape index (κ1) is 19.7. The predicted octanol–water partition coefficient (Wildman–Crippen LogP) is -1.33. The van der Waals surface area contributed by atoms with Crippen molar-refractivity contribution in [3.05, 3.63) is 37.2 Å². The summed E-state index contributed by atoms with van der Waals surface area (Å²) in [5.74, 6) is -0.504. The summed E-state index contributed by atoms with van der Waals surface area (Å²) in [5, 5.41) is 2.53. The van der Waals surface area contributed by atoms with E-state index in [-0.39, 0.29) is 70.2 Å². The maximum atomic E-state index is 11.1. The molecule has 4 nitrogen and oxygen atoms in total. The van der Waals surface area contributed by atoms with Crippen molar-refractivity contribution in [3.63, 3.8) is 0 Å². The Morgan fingerprint density at radius 3 is 2.43 bits per heavy atom. The number of nitrogens with one attached hydrogen (secondary N) is 2. The van der Waals surface area contributed by atoms with Gasteiger partial charge in [-0.2, -0.15) is 0 Å². The molecule has 0 radical (unpaired) electrons. The molecule has 0 aliphatic carbocycles. The molecule has 2 N–H and O–H groups in total. The van der Waals surface area contributed by atoms with Gasteiger partial charge in [-0.25, -0.2) is 4.79 Å². The van der Waals surface area contributed by atoms with Crippen LogP contribution in [0.15, 0.2) is 24.0 Å². The van der Waals surface area contributed by atoms with Crippen LogP contribution in [0.4, 0.5) is 0 Å². The molecular weight excluding hydrogens is 207 g/mol. The Morgan fingerprint density at radius 2 is 2.14 bits per heavy atom. The first-order valence-corrected chi connectivity index (χ1v) is 3.60. The standard InChI is InChI=1S/C8H14N2O2.CH3.K/c1-4-6(7(9)10-3)8(11)12-5-2;;/h4H,1,5H2,2-3H3,(H3,9,10,11);1H3;/q;-1;+1/p-1. The smallest absolute Gasteiger partial charge is 0.484 e. The third-order valence-corrected chi connectivity index (χ3v) is 1.22. The van der Waals surface area contributed by atoms with Gasteiger partial charge in [-0.05, 0) is 6.92 Å². The molecule has 0 saturated heterocycles. The summed E-state index contributed by atoms with van der Waals surface area (Å²) >= 11 is 0. The molecule has 0 unspecified atom stereocenters. The second kappa shape index (κ2) is 11.3. The molecule has 0 aromatic heterocycles. The zero-order valence-electron chi connectivity index (χ0n) is 9.31. The normalized spacial score (nSPS) is 9.86. The Bertz CT molecular complexity index is 215. The zero-order valence-corrected chi connectivity index (χ0v) is 12.4. The Labute approximate surface area is 128 Å². The molecule has 0 aromatic rings. The quantitative estimate of drug-likeness (QED) is 0.211. The molecule has 14 heavy (non-hydrogen) atoms. The van der Waals surface area contributed by atoms with Gasteiger partial charge in [0.05, 0.1) is 12.2 Å². The molecule has 0 aromatic carbocycles. The number of rotatable bonds is 4. The van der Waals surface area contributed by atoms with Crippen LogP contribution in [-0.4, -0.2) is 19.6 Å². The van der Waals surface area contributed by atoms with E-state index in [4.69, 9.17) is 5.73 Å². The summed E-state index contributed by atoms with van der Waals surface area (Å²) in [6.07, 6.45) is 1.30. The molecule has 0 amide bonds. The second-order valence-corrected chi connectivity index (χ2v) is 1.96. The number of carbonyl (C=O) groups excluding carboxylic acids is 1. The van der Waals surface area contributed by atoms with Crippen molar-refractivity contribution in [2.75, 3.05) is 13.7 Å². The molecule has 0 atom stereocenters. The van der Waals surface area contributed by atoms with Crippen LogP contribution < -0.4 is 56.7 Å². The Morgan fingerprint density at radius 1 is 1.64 bits per heavy atom. The maximum absolute atomic E-state index is 11.1. The van der Waals surface area contributed by atoms with E-state index in [0.717, 1.165) is 0 Å². The molecule has 0 aliphatic heterocycles. The fourth-order valence-electron chi connectivity index (χ4n) is 0.631. The largest absolute Gasteiger partial charge is 1.00 e. The second-order valence-electron chi connectivity index (χ2n) is 1.96. The van der Waals surface area contributed by atoms with Crippen LogP contribution in [0.1, 0.15) is 6.92 Å². The Kier molecular flexibility index (Phi) is 15.9. The van der Waals surface area contributed by atoms with E-state index in [2.05, 4.69) is 16.6 Å². The Balaban J connectivity index is -0.000000605. The van der Waals surface area contributed by atoms with Crippen molar-refractivity contribution in [1.82, 2.24) is 5.32 Å². The molecule has 0 bridgehead atoms. The van der Waals surface area contributed by atoms with Crippen molar-refractivity contribution in [1.29, 1.82) is 0 Å². The van der Waals surface area contributed by atoms with Crippen molar-refractivity contribution < 1.29 is 60.9 Å². The molecule has 0 spiro atoms. The summed E-state index contributed by atoms with van der Waals surface area (Å²) in [6.45, 7) is 5.42. The topological polar surface area (TPSA) is 62.1 Å². The number of ether oxygens (including phenoxy) is 1. The molecule has 0 fully saturated rings. The van der Waals surface area contributed by atoms with E-state index in [9.17, 15) is 4.79 Å². The van der Waals surface area contributed by atoms with E-state index in [1.54, 1.807) is 14.0 Å². The van der Waals surface area contributed by atoms with E-state index in [1.165, 1.54) is 6.08 Å². The molecule has 76 valence electrons. The van der Waals surface area contributed by atoms with Gasteiger partial charge in [0.2, 0.25) is 0 Å². The average Bonchev–Trinajstić information content (AvgIpc) is 2.06. The fraction of sp³-hybridized carbons (Fsp3) is 0.333. The zero-order chi connectivity index (χ0) is 9.56. The third kappa shape index (κ3) is 6.61. The van der Waals surface area contributed by atoms with E-state index >= 15 is 0 Å². The van der Waals surface area contributed by atoms with E-state index in [1.807, 2.05) is 0 Å². The summed E-state index contributed by atoms with van der Waals surface area (Å²) in [7, 11) is 1.56. The molecule has 0 aliphatic rings. The van der Waals surface area contributed by atoms with Gasteiger partial charge in [0.25, 0.3) is 0 Å². The van der Waals surface area contributed by atoms with Crippen molar-refractivity contribution in [3.8, 4) is 0 Å². The van der Waals surface area contributed by atoms with Gasteiger partial charge in [0, 0.05) is 0 Å². The van der Waals surface area contributed by atoms with Crippen LogP contribution in [0.25, 0.3) is 5.73 Å². The van der Waals surface area contributed by atoms with Crippen molar-refractivity contribution in [2.24, 2.45) is 0 Å². The van der Waals surface area contributed by atoms with Gasteiger partial charge in [-0.3, -0.25) is 0 Å². The maximum Gasteiger partial charge on any atom is 1.00 e. The van der Waals surface area contributed by atoms with E-state index in [0.29, 0.717) is 6.61 Å². The summed E-state index contributed by atoms with van der Waals surface area (Å²) < 4.78 is 4.69. The van der Waals surface area contributed by atoms with Gasteiger partial charge >= 0.3 is 57.4 Å². The van der Waals surface area contributed by atoms with Gasteiger partial charge in [0.1, 0.15) is 0 Å². The summed E-state index contributed by atoms with van der Waals surface area (Å²) in [6, 6.07) is 0. The first-order valence-electron chi connectivity index (χ1n) is 3.60. The monoisotopic (exact) mass is 223 g/mol. The van der Waals surface area contributed by atoms with Crippen molar-refractivity contribution in [2.45, 2.75) is 6.92 Å². The number of hydrogen-bond acceptors (Lipinski definition) is 3. The van der Waals surface area contributed by atoms with Crippen LogP contribution >= 0.6 is 0 Å². The number of carbonyl (C=O) groups is 1. The van der Waals surface area contributed by atoms with Gasteiger partial charge in [-0.15, -0.1) is 0 Å². The van der Waals surface area contributed by atoms with Crippen molar-refractivity contribution >= 4 is 5.97 Å². The predicted molar refractivity (Wildman–Crippen MR) is 53.7 cm³/mol. The number of esters is 1. The molecule has 0 rings (SSSR count). The first-order chi connectivity index (χ1) is 5.67. The SMILES string of the molecule is C=C/C(C(=O)OCC)=C(\[NH-])NC.[CH3-].[K+]. The van der Waals surface area contributed by atoms with E-state index < -0.39 is 5.97 Å². The van der Waals surface area contributed by atoms with Crippen LogP contribution in [-0.2, 0) is 9.53 Å². The minimum Gasteiger partial charge on any atom is -0.484 e. The van der Waals surface area contributed by atoms with Gasteiger partial charge in [-0.1, -0.05) is 25.5 Å². The number of hydrogen-bond donors (Lipinski definition) is 1. The van der Waals surface area contributed by atoms with Crippen LogP contribution in [0.5, 0.6) is 0 Å². The molecule has 0 saturated carbocycles. The Hall–Kier alpha value is 0.186. The molecular formula is C9H16KN2O2-. The van der Waals surface area contributed by atoms with Crippen LogP contribution in [0, 0.1) is 7.43 Å². The van der Waals surface area contributed by atoms with Crippen LogP contribution in [0.3, 0.4) is 0 Å². The molecule has 0 heterocycles. The minimum atomic E-state index is -0.521. The minimum absolute atomic E-state index is 0. The molecule has 5 heteroatoms. The van der Waals surface area contributed by atoms with Crippen LogP contribution in [0.2, 0.25) is 0 Å². The summed E-state index contributed by atoms with van der Waals surface area (Å²) in [5.41, 5.74) is 7.44. The van der Waals surface area contributed by atoms with Gasteiger partial charge in [0.15, 0.2) is 0 Å². The fourth-order valence-corrected chi connectivity index (χ4v) is 0.631. The average molecular weight is 223 g/mol. The summed E-state index contributed by atoms with van der Waals surface area (Å²) in [4.78, 5) is 11.1.